The zero-order valence-corrected chi connectivity index (χ0v) is 18.3. The van der Waals surface area contributed by atoms with Crippen LogP contribution in [0.5, 0.6) is 0 Å². The lowest BCUT2D eigenvalue weighted by Gasteiger charge is -2.25. The lowest BCUT2D eigenvalue weighted by Crippen LogP contribution is -2.36. The van der Waals surface area contributed by atoms with E-state index in [4.69, 9.17) is 25.8 Å². The molecular formula is C16H28N3O7PS. The predicted octanol–water partition coefficient (Wildman–Crippen LogP) is 0.666. The Morgan fingerprint density at radius 1 is 1.36 bits per heavy atom. The van der Waals surface area contributed by atoms with Gasteiger partial charge in [-0.15, -0.1) is 0 Å². The van der Waals surface area contributed by atoms with Crippen molar-refractivity contribution in [2.45, 2.75) is 58.4 Å². The van der Waals surface area contributed by atoms with Crippen LogP contribution in [-0.2, 0) is 30.6 Å². The zero-order valence-electron chi connectivity index (χ0n) is 16.6. The molecule has 0 amide bonds. The number of rotatable bonds is 11. The average molecular weight is 437 g/mol. The highest BCUT2D eigenvalue weighted by atomic mass is 32.5. The van der Waals surface area contributed by atoms with Crippen LogP contribution in [0.2, 0.25) is 0 Å². The summed E-state index contributed by atoms with van der Waals surface area (Å²) in [7, 11) is 1.47. The fourth-order valence-corrected chi connectivity index (χ4v) is 4.05. The maximum atomic E-state index is 11.9. The molecule has 0 aliphatic carbocycles. The van der Waals surface area contributed by atoms with E-state index < -0.39 is 36.0 Å². The van der Waals surface area contributed by atoms with Gasteiger partial charge in [-0.1, -0.05) is 0 Å². The van der Waals surface area contributed by atoms with Crippen LogP contribution in [0.1, 0.15) is 40.2 Å². The number of carbonyl (C=O) groups is 1. The molecule has 4 unspecified atom stereocenters. The zero-order chi connectivity index (χ0) is 21.5. The van der Waals surface area contributed by atoms with Crippen molar-refractivity contribution in [2.75, 3.05) is 13.7 Å². The summed E-state index contributed by atoms with van der Waals surface area (Å²) < 4.78 is 17.1. The number of esters is 1. The Kier molecular flexibility index (Phi) is 9.68. The third-order valence-electron chi connectivity index (χ3n) is 3.76. The maximum Gasteiger partial charge on any atom is 0.328 e. The molecule has 28 heavy (non-hydrogen) atoms. The van der Waals surface area contributed by atoms with Gasteiger partial charge in [0.2, 0.25) is 0 Å². The number of nitrogens with one attached hydrogen (secondary N) is 2. The van der Waals surface area contributed by atoms with Crippen molar-refractivity contribution in [1.82, 2.24) is 14.6 Å². The van der Waals surface area contributed by atoms with E-state index in [9.17, 15) is 19.3 Å². The van der Waals surface area contributed by atoms with Crippen molar-refractivity contribution in [3.8, 4) is 0 Å². The molecular weight excluding hydrogens is 409 g/mol. The van der Waals surface area contributed by atoms with Crippen molar-refractivity contribution >= 4 is 24.4 Å². The van der Waals surface area contributed by atoms with E-state index in [0.29, 0.717) is 6.42 Å². The molecule has 0 bridgehead atoms. The summed E-state index contributed by atoms with van der Waals surface area (Å²) >= 11 is 5.04. The molecule has 0 fully saturated rings. The largest absolute Gasteiger partial charge is 0.462 e. The molecule has 0 radical (unpaired) electrons. The summed E-state index contributed by atoms with van der Waals surface area (Å²) in [6.07, 6.45) is 0.996. The molecule has 0 saturated heterocycles. The van der Waals surface area contributed by atoms with Gasteiger partial charge in [0.05, 0.1) is 18.8 Å². The van der Waals surface area contributed by atoms with Crippen molar-refractivity contribution in [1.29, 1.82) is 0 Å². The number of ether oxygens (including phenoxy) is 2. The van der Waals surface area contributed by atoms with Crippen molar-refractivity contribution in [2.24, 2.45) is 0 Å². The second-order valence-electron chi connectivity index (χ2n) is 6.61. The summed E-state index contributed by atoms with van der Waals surface area (Å²) in [6.45, 7) is 3.22. The molecule has 0 aromatic carbocycles. The number of hydrogen-bond acceptors (Lipinski definition) is 7. The Bertz CT molecular complexity index is 810. The van der Waals surface area contributed by atoms with Gasteiger partial charge in [-0.05, 0) is 45.9 Å². The number of aromatic nitrogens is 2. The predicted molar refractivity (Wildman–Crippen MR) is 108 cm³/mol. The molecule has 4 atom stereocenters. The Morgan fingerprint density at radius 2 is 2.00 bits per heavy atom. The normalized spacial score (nSPS) is 17.0. The van der Waals surface area contributed by atoms with Crippen LogP contribution in [-0.4, -0.2) is 52.4 Å². The van der Waals surface area contributed by atoms with E-state index in [1.54, 1.807) is 20.8 Å². The summed E-state index contributed by atoms with van der Waals surface area (Å²) in [6, 6.07) is 0.117. The minimum absolute atomic E-state index is 0.0499. The van der Waals surface area contributed by atoms with Crippen LogP contribution in [0.15, 0.2) is 21.9 Å². The second kappa shape index (κ2) is 11.0. The molecule has 0 saturated carbocycles. The number of nitrogens with zero attached hydrogens (tertiary/aromatic N) is 1. The number of aromatic amines is 1. The minimum Gasteiger partial charge on any atom is -0.462 e. The third-order valence-corrected chi connectivity index (χ3v) is 5.61. The van der Waals surface area contributed by atoms with Crippen molar-refractivity contribution in [3.63, 3.8) is 0 Å². The van der Waals surface area contributed by atoms with E-state index in [-0.39, 0.29) is 18.8 Å². The van der Waals surface area contributed by atoms with Crippen molar-refractivity contribution < 1.29 is 23.7 Å². The van der Waals surface area contributed by atoms with Gasteiger partial charge in [0, 0.05) is 25.4 Å². The second-order valence-corrected chi connectivity index (χ2v) is 9.65. The molecule has 1 aromatic rings. The molecule has 3 N–H and O–H groups in total. The number of methoxy groups -OCH3 is 1. The highest BCUT2D eigenvalue weighted by molar-refractivity contribution is 8.08. The van der Waals surface area contributed by atoms with Gasteiger partial charge in [-0.2, -0.15) is 0 Å². The van der Waals surface area contributed by atoms with Crippen LogP contribution in [0, 0.1) is 0 Å². The van der Waals surface area contributed by atoms with Crippen LogP contribution in [0.3, 0.4) is 0 Å². The first kappa shape index (κ1) is 24.7. The number of carbonyl (C=O) groups excluding carboxylic acids is 1. The monoisotopic (exact) mass is 437 g/mol. The van der Waals surface area contributed by atoms with Gasteiger partial charge in [-0.25, -0.2) is 9.88 Å². The van der Waals surface area contributed by atoms with E-state index >= 15 is 0 Å². The van der Waals surface area contributed by atoms with Crippen LogP contribution < -0.4 is 16.3 Å². The van der Waals surface area contributed by atoms with Gasteiger partial charge in [-0.3, -0.25) is 19.1 Å². The number of hydrogen-bond donors (Lipinski definition) is 3. The SMILES string of the molecule is COC(COP(O)(=S)NC(C)C(=O)OC(C)C)CC(C)n1ccc(=O)[nH]c1=O. The van der Waals surface area contributed by atoms with E-state index in [0.717, 1.165) is 0 Å². The van der Waals surface area contributed by atoms with Gasteiger partial charge in [0.25, 0.3) is 12.2 Å². The quantitative estimate of drug-likeness (QED) is 0.337. The Balaban J connectivity index is 2.64. The van der Waals surface area contributed by atoms with Crippen molar-refractivity contribution in [3.05, 3.63) is 33.1 Å². The van der Waals surface area contributed by atoms with E-state index in [1.165, 1.54) is 30.9 Å². The first-order chi connectivity index (χ1) is 12.9. The maximum absolute atomic E-state index is 11.9. The average Bonchev–Trinajstić information content (AvgIpc) is 2.57. The molecule has 1 rings (SSSR count). The fraction of sp³-hybridized carbons (Fsp3) is 0.688. The summed E-state index contributed by atoms with van der Waals surface area (Å²) in [5, 5.41) is 2.58. The molecule has 12 heteroatoms. The smallest absolute Gasteiger partial charge is 0.328 e. The lowest BCUT2D eigenvalue weighted by molar-refractivity contribution is -0.149. The van der Waals surface area contributed by atoms with E-state index in [1.807, 2.05) is 0 Å². The van der Waals surface area contributed by atoms with E-state index in [2.05, 4.69) is 10.1 Å². The Hall–Kier alpha value is -1.36. The summed E-state index contributed by atoms with van der Waals surface area (Å²) in [5.74, 6) is -0.545. The van der Waals surface area contributed by atoms with Gasteiger partial charge in [0.15, 0.2) is 0 Å². The topological polar surface area (TPSA) is 132 Å². The lowest BCUT2D eigenvalue weighted by atomic mass is 10.1. The Labute approximate surface area is 168 Å². The first-order valence-electron chi connectivity index (χ1n) is 8.75. The molecule has 1 heterocycles. The molecule has 10 nitrogen and oxygen atoms in total. The summed E-state index contributed by atoms with van der Waals surface area (Å²) in [5.41, 5.74) is -1.00. The third kappa shape index (κ3) is 8.34. The minimum atomic E-state index is -3.46. The highest BCUT2D eigenvalue weighted by Gasteiger charge is 2.25. The van der Waals surface area contributed by atoms with Crippen LogP contribution >= 0.6 is 6.64 Å². The molecule has 0 aliphatic rings. The highest BCUT2D eigenvalue weighted by Crippen LogP contribution is 2.38. The first-order valence-corrected chi connectivity index (χ1v) is 11.4. The number of H-pyrrole nitrogens is 1. The summed E-state index contributed by atoms with van der Waals surface area (Å²) in [4.78, 5) is 47.3. The molecule has 160 valence electrons. The van der Waals surface area contributed by atoms with Gasteiger partial charge in [0.1, 0.15) is 6.04 Å². The van der Waals surface area contributed by atoms with Gasteiger partial charge < -0.3 is 18.9 Å². The molecule has 1 aromatic heterocycles. The standard InChI is InChI=1S/C16H28N3O7PS/c1-10(2)26-15(21)12(4)18-27(23,28)25-9-13(24-5)8-11(3)19-7-6-14(20)17-16(19)22/h6-7,10-13H,8-9H2,1-5H3,(H,17,20,22)(H2,18,23,28). The Morgan fingerprint density at radius 3 is 2.54 bits per heavy atom. The molecule has 0 aliphatic heterocycles. The van der Waals surface area contributed by atoms with Gasteiger partial charge >= 0.3 is 11.7 Å². The van der Waals surface area contributed by atoms with Crippen LogP contribution in [0.4, 0.5) is 0 Å². The fourth-order valence-electron chi connectivity index (χ4n) is 2.35. The molecule has 0 spiro atoms. The van der Waals surface area contributed by atoms with Crippen LogP contribution in [0.25, 0.3) is 0 Å².